The molecule has 3 N–H and O–H groups in total. The maximum atomic E-state index is 12.0. The first-order valence-corrected chi connectivity index (χ1v) is 20.8. The third-order valence-corrected chi connectivity index (χ3v) is 8.70. The highest BCUT2D eigenvalue weighted by Gasteiger charge is 2.23. The summed E-state index contributed by atoms with van der Waals surface area (Å²) in [5.74, 6) is -0.542. The van der Waals surface area contributed by atoms with Crippen molar-refractivity contribution in [3.05, 3.63) is 60.8 Å². The third-order valence-electron chi connectivity index (χ3n) is 7.71. The maximum absolute atomic E-state index is 12.0. The Kier molecular flexibility index (Phi) is 34.8. The highest BCUT2D eigenvalue weighted by molar-refractivity contribution is 7.47. The summed E-state index contributed by atoms with van der Waals surface area (Å²) in [6, 6.07) is 0. The molecule has 0 aliphatic rings. The molecule has 0 aliphatic carbocycles. The molecule has 288 valence electrons. The standard InChI is InChI=1S/C40H70NO8P/c1-3-5-7-9-11-12-13-14-15-16-17-18-19-20-21-22-23-24-25-26-27-29-31-33-40(44)47-36-38(42)37-49-50(45,46)48-35-34-41-39(43)32-30-28-10-8-6-4-2/h5,7,11-12,14-15,17-18,20-21,38,42H,3-4,6,8-10,13,16,19,22-37H2,1-2H3,(H,41,43)(H,45,46)/b7-5-,12-11-,15-14-,18-17-,21-20-. The van der Waals surface area contributed by atoms with Gasteiger partial charge in [-0.25, -0.2) is 4.57 Å². The Labute approximate surface area is 304 Å². The number of unbranched alkanes of at least 4 members (excludes halogenated alkanes) is 12. The molecular formula is C40H70NO8P. The molecule has 0 bridgehead atoms. The minimum atomic E-state index is -4.41. The molecule has 0 aliphatic heterocycles. The van der Waals surface area contributed by atoms with Gasteiger partial charge in [-0.15, -0.1) is 0 Å². The van der Waals surface area contributed by atoms with E-state index in [4.69, 9.17) is 13.8 Å². The minimum Gasteiger partial charge on any atom is -0.463 e. The van der Waals surface area contributed by atoms with Gasteiger partial charge in [-0.05, 0) is 57.8 Å². The van der Waals surface area contributed by atoms with Crippen molar-refractivity contribution in [3.8, 4) is 0 Å². The number of allylic oxidation sites excluding steroid dienone is 10. The molecule has 0 fully saturated rings. The normalized spacial score (nSPS) is 14.1. The fourth-order valence-electron chi connectivity index (χ4n) is 4.82. The van der Waals surface area contributed by atoms with Crippen molar-refractivity contribution >= 4 is 19.7 Å². The van der Waals surface area contributed by atoms with Crippen molar-refractivity contribution in [2.75, 3.05) is 26.4 Å². The summed E-state index contributed by atoms with van der Waals surface area (Å²) in [7, 11) is -4.41. The number of phosphoric acid groups is 1. The predicted molar refractivity (Wildman–Crippen MR) is 206 cm³/mol. The van der Waals surface area contributed by atoms with Gasteiger partial charge in [0.1, 0.15) is 12.7 Å². The van der Waals surface area contributed by atoms with E-state index in [1.165, 1.54) is 38.5 Å². The van der Waals surface area contributed by atoms with Crippen molar-refractivity contribution in [2.24, 2.45) is 0 Å². The van der Waals surface area contributed by atoms with Crippen LogP contribution in [0.2, 0.25) is 0 Å². The Morgan fingerprint density at radius 3 is 1.72 bits per heavy atom. The highest BCUT2D eigenvalue weighted by Crippen LogP contribution is 2.42. The van der Waals surface area contributed by atoms with Crippen molar-refractivity contribution in [2.45, 2.75) is 155 Å². The topological polar surface area (TPSA) is 131 Å². The fourth-order valence-corrected chi connectivity index (χ4v) is 5.57. The number of amides is 1. The van der Waals surface area contributed by atoms with E-state index in [-0.39, 0.29) is 32.1 Å². The van der Waals surface area contributed by atoms with E-state index in [1.54, 1.807) is 0 Å². The number of hydrogen-bond acceptors (Lipinski definition) is 7. The van der Waals surface area contributed by atoms with Gasteiger partial charge in [0, 0.05) is 19.4 Å². The van der Waals surface area contributed by atoms with Gasteiger partial charge in [0.05, 0.1) is 13.2 Å². The van der Waals surface area contributed by atoms with Gasteiger partial charge in [-0.3, -0.25) is 18.6 Å². The highest BCUT2D eigenvalue weighted by atomic mass is 31.2. The number of aliphatic hydroxyl groups is 1. The molecule has 2 unspecified atom stereocenters. The molecular weight excluding hydrogens is 653 g/mol. The van der Waals surface area contributed by atoms with Crippen LogP contribution in [0.3, 0.4) is 0 Å². The smallest absolute Gasteiger partial charge is 0.463 e. The summed E-state index contributed by atoms with van der Waals surface area (Å²) < 4.78 is 26.7. The second-order valence-electron chi connectivity index (χ2n) is 12.5. The molecule has 1 amide bonds. The number of hydrogen-bond donors (Lipinski definition) is 3. The molecule has 2 atom stereocenters. The molecule has 50 heavy (non-hydrogen) atoms. The van der Waals surface area contributed by atoms with Crippen LogP contribution in [0.25, 0.3) is 0 Å². The molecule has 0 aromatic heterocycles. The maximum Gasteiger partial charge on any atom is 0.472 e. The van der Waals surface area contributed by atoms with E-state index in [0.717, 1.165) is 83.5 Å². The lowest BCUT2D eigenvalue weighted by atomic mass is 10.1. The summed E-state index contributed by atoms with van der Waals surface area (Å²) in [6.07, 6.45) is 41.8. The van der Waals surface area contributed by atoms with Crippen molar-refractivity contribution < 1.29 is 37.9 Å². The summed E-state index contributed by atoms with van der Waals surface area (Å²) >= 11 is 0. The number of carbonyl (C=O) groups excluding carboxylic acids is 2. The van der Waals surface area contributed by atoms with E-state index >= 15 is 0 Å². The van der Waals surface area contributed by atoms with Crippen LogP contribution in [0.15, 0.2) is 60.8 Å². The molecule has 9 nitrogen and oxygen atoms in total. The van der Waals surface area contributed by atoms with E-state index in [1.807, 2.05) is 0 Å². The van der Waals surface area contributed by atoms with Crippen LogP contribution in [-0.4, -0.2) is 54.3 Å². The number of phosphoric ester groups is 1. The molecule has 0 aromatic carbocycles. The SMILES string of the molecule is CC/C=C\C/C=C\C/C=C\C/C=C\C/C=C\CCCCCCCCCC(=O)OCC(O)COP(=O)(O)OCCNC(=O)CCCCCCCC. The largest absolute Gasteiger partial charge is 0.472 e. The number of carbonyl (C=O) groups is 2. The third kappa shape index (κ3) is 37.0. The van der Waals surface area contributed by atoms with Gasteiger partial charge in [0.15, 0.2) is 0 Å². The number of nitrogens with one attached hydrogen (secondary N) is 1. The van der Waals surface area contributed by atoms with E-state index in [9.17, 15) is 24.2 Å². The van der Waals surface area contributed by atoms with E-state index < -0.39 is 26.5 Å². The number of aliphatic hydroxyl groups excluding tert-OH is 1. The van der Waals surface area contributed by atoms with Crippen LogP contribution in [0.4, 0.5) is 0 Å². The number of ether oxygens (including phenoxy) is 1. The Balaban J connectivity index is 3.64. The predicted octanol–water partition coefficient (Wildman–Crippen LogP) is 10.2. The minimum absolute atomic E-state index is 0.0779. The first-order chi connectivity index (χ1) is 24.3. The molecule has 0 saturated carbocycles. The van der Waals surface area contributed by atoms with Crippen molar-refractivity contribution in [1.82, 2.24) is 5.32 Å². The van der Waals surface area contributed by atoms with Crippen LogP contribution >= 0.6 is 7.82 Å². The van der Waals surface area contributed by atoms with Crippen LogP contribution < -0.4 is 5.32 Å². The Morgan fingerprint density at radius 2 is 1.14 bits per heavy atom. The van der Waals surface area contributed by atoms with E-state index in [2.05, 4.69) is 79.9 Å². The van der Waals surface area contributed by atoms with Gasteiger partial charge < -0.3 is 20.1 Å². The van der Waals surface area contributed by atoms with Gasteiger partial charge in [-0.2, -0.15) is 0 Å². The van der Waals surface area contributed by atoms with Gasteiger partial charge in [0.25, 0.3) is 0 Å². The number of rotatable bonds is 35. The first kappa shape index (κ1) is 47.7. The molecule has 0 saturated heterocycles. The fraction of sp³-hybridized carbons (Fsp3) is 0.700. The van der Waals surface area contributed by atoms with Crippen LogP contribution in [0, 0.1) is 0 Å². The van der Waals surface area contributed by atoms with E-state index in [0.29, 0.717) is 6.42 Å². The summed E-state index contributed by atoms with van der Waals surface area (Å²) in [5, 5.41) is 12.6. The summed E-state index contributed by atoms with van der Waals surface area (Å²) in [5.41, 5.74) is 0. The average Bonchev–Trinajstić information content (AvgIpc) is 3.10. The lowest BCUT2D eigenvalue weighted by Crippen LogP contribution is -2.27. The number of esters is 1. The molecule has 0 rings (SSSR count). The Bertz CT molecular complexity index is 1010. The monoisotopic (exact) mass is 723 g/mol. The summed E-state index contributed by atoms with van der Waals surface area (Å²) in [6.45, 7) is 3.33. The van der Waals surface area contributed by atoms with Crippen LogP contribution in [0.1, 0.15) is 149 Å². The molecule has 0 heterocycles. The van der Waals surface area contributed by atoms with Gasteiger partial charge in [0.2, 0.25) is 5.91 Å². The molecule has 0 spiro atoms. The first-order valence-electron chi connectivity index (χ1n) is 19.3. The zero-order valence-corrected chi connectivity index (χ0v) is 32.2. The lowest BCUT2D eigenvalue weighted by molar-refractivity contribution is -0.147. The van der Waals surface area contributed by atoms with Crippen molar-refractivity contribution in [3.63, 3.8) is 0 Å². The molecule has 0 radical (unpaired) electrons. The summed E-state index contributed by atoms with van der Waals surface area (Å²) in [4.78, 5) is 33.6. The molecule has 0 aromatic rings. The van der Waals surface area contributed by atoms with Crippen LogP contribution in [-0.2, 0) is 27.9 Å². The Hall–Kier alpha value is -2.29. The average molecular weight is 724 g/mol. The zero-order chi connectivity index (χ0) is 36.8. The lowest BCUT2D eigenvalue weighted by Gasteiger charge is -2.15. The van der Waals surface area contributed by atoms with Crippen molar-refractivity contribution in [1.29, 1.82) is 0 Å². The van der Waals surface area contributed by atoms with Gasteiger partial charge >= 0.3 is 13.8 Å². The zero-order valence-electron chi connectivity index (χ0n) is 31.3. The Morgan fingerprint density at radius 1 is 0.640 bits per heavy atom. The van der Waals surface area contributed by atoms with Gasteiger partial charge in [-0.1, -0.05) is 139 Å². The second-order valence-corrected chi connectivity index (χ2v) is 14.0. The molecule has 10 heteroatoms. The quantitative estimate of drug-likeness (QED) is 0.0255. The van der Waals surface area contributed by atoms with Crippen LogP contribution in [0.5, 0.6) is 0 Å². The second kappa shape index (κ2) is 36.5.